The Morgan fingerprint density at radius 3 is 2.53 bits per heavy atom. The van der Waals surface area contributed by atoms with Crippen molar-refractivity contribution in [3.8, 4) is 0 Å². The minimum atomic E-state index is 0. The van der Waals surface area contributed by atoms with Crippen LogP contribution in [0.15, 0.2) is 4.99 Å². The summed E-state index contributed by atoms with van der Waals surface area (Å²) in [6.07, 6.45) is 2.47. The van der Waals surface area contributed by atoms with Crippen LogP contribution in [0.5, 0.6) is 0 Å². The van der Waals surface area contributed by atoms with Gasteiger partial charge in [-0.15, -0.1) is 24.0 Å². The second-order valence-electron chi connectivity index (χ2n) is 5.46. The second kappa shape index (κ2) is 9.80. The van der Waals surface area contributed by atoms with E-state index in [4.69, 9.17) is 0 Å². The van der Waals surface area contributed by atoms with E-state index in [2.05, 4.69) is 55.3 Å². The molecular weight excluding hydrogens is 351 g/mol. The lowest BCUT2D eigenvalue weighted by Gasteiger charge is -2.22. The van der Waals surface area contributed by atoms with E-state index in [1.54, 1.807) is 0 Å². The summed E-state index contributed by atoms with van der Waals surface area (Å²) in [5.41, 5.74) is 0. The van der Waals surface area contributed by atoms with Gasteiger partial charge in [-0.25, -0.2) is 0 Å². The van der Waals surface area contributed by atoms with E-state index >= 15 is 0 Å². The van der Waals surface area contributed by atoms with Gasteiger partial charge in [0.15, 0.2) is 5.96 Å². The first-order valence-electron chi connectivity index (χ1n) is 7.33. The number of hydrogen-bond donors (Lipinski definition) is 2. The molecule has 0 saturated heterocycles. The summed E-state index contributed by atoms with van der Waals surface area (Å²) in [7, 11) is 2.17. The normalized spacial score (nSPS) is 23.8. The summed E-state index contributed by atoms with van der Waals surface area (Å²) in [6.45, 7) is 11.7. The monoisotopic (exact) mass is 382 g/mol. The van der Waals surface area contributed by atoms with Gasteiger partial charge in [-0.3, -0.25) is 4.99 Å². The van der Waals surface area contributed by atoms with E-state index in [9.17, 15) is 0 Å². The maximum atomic E-state index is 4.64. The zero-order valence-corrected chi connectivity index (χ0v) is 15.4. The first-order chi connectivity index (χ1) is 8.58. The molecule has 114 valence electrons. The Balaban J connectivity index is 0.00000324. The molecule has 1 fully saturated rings. The van der Waals surface area contributed by atoms with E-state index in [0.29, 0.717) is 12.1 Å². The average molecular weight is 382 g/mol. The smallest absolute Gasteiger partial charge is 0.191 e. The molecule has 0 bridgehead atoms. The van der Waals surface area contributed by atoms with Crippen molar-refractivity contribution in [1.29, 1.82) is 0 Å². The zero-order valence-electron chi connectivity index (χ0n) is 13.1. The fourth-order valence-corrected chi connectivity index (χ4v) is 1.87. The highest BCUT2D eigenvalue weighted by Crippen LogP contribution is 2.28. The van der Waals surface area contributed by atoms with Crippen molar-refractivity contribution in [2.45, 2.75) is 52.6 Å². The van der Waals surface area contributed by atoms with Crippen molar-refractivity contribution < 1.29 is 0 Å². The summed E-state index contributed by atoms with van der Waals surface area (Å²) in [6, 6.07) is 1.27. The largest absolute Gasteiger partial charge is 0.357 e. The molecule has 5 heteroatoms. The van der Waals surface area contributed by atoms with Crippen LogP contribution in [0.2, 0.25) is 0 Å². The number of rotatable bonds is 7. The lowest BCUT2D eigenvalue weighted by Crippen LogP contribution is -2.40. The summed E-state index contributed by atoms with van der Waals surface area (Å²) in [5.74, 6) is 1.78. The molecular formula is C14H31IN4. The third-order valence-corrected chi connectivity index (χ3v) is 3.84. The Labute approximate surface area is 135 Å². The van der Waals surface area contributed by atoms with Crippen LogP contribution in [0.4, 0.5) is 0 Å². The van der Waals surface area contributed by atoms with Gasteiger partial charge in [0.05, 0.1) is 6.54 Å². The van der Waals surface area contributed by atoms with Crippen molar-refractivity contribution in [2.75, 3.05) is 26.7 Å². The highest BCUT2D eigenvalue weighted by atomic mass is 127. The number of nitrogens with zero attached hydrogens (tertiary/aromatic N) is 2. The number of hydrogen-bond acceptors (Lipinski definition) is 2. The first kappa shape index (κ1) is 19.0. The van der Waals surface area contributed by atoms with E-state index in [-0.39, 0.29) is 24.0 Å². The molecule has 0 aromatic carbocycles. The molecule has 2 N–H and O–H groups in total. The van der Waals surface area contributed by atoms with Gasteiger partial charge in [-0.1, -0.05) is 13.8 Å². The molecule has 1 rings (SSSR count). The van der Waals surface area contributed by atoms with Gasteiger partial charge in [0.2, 0.25) is 0 Å². The summed E-state index contributed by atoms with van der Waals surface area (Å²) >= 11 is 0. The molecule has 0 aromatic rings. The number of guanidine groups is 1. The Bertz CT molecular complexity index is 270. The third-order valence-electron chi connectivity index (χ3n) is 3.84. The Kier molecular flexibility index (Phi) is 9.78. The highest BCUT2D eigenvalue weighted by molar-refractivity contribution is 14.0. The van der Waals surface area contributed by atoms with E-state index in [1.807, 2.05) is 0 Å². The van der Waals surface area contributed by atoms with Gasteiger partial charge in [0, 0.05) is 25.2 Å². The maximum Gasteiger partial charge on any atom is 0.191 e. The molecule has 3 atom stereocenters. The zero-order chi connectivity index (χ0) is 13.5. The summed E-state index contributed by atoms with van der Waals surface area (Å²) in [5, 5.41) is 6.79. The first-order valence-corrected chi connectivity index (χ1v) is 7.33. The molecule has 0 heterocycles. The predicted molar refractivity (Wildman–Crippen MR) is 94.5 cm³/mol. The Hall–Kier alpha value is -0.0400. The highest BCUT2D eigenvalue weighted by Gasteiger charge is 2.33. The van der Waals surface area contributed by atoms with Gasteiger partial charge in [-0.2, -0.15) is 0 Å². The molecule has 1 aliphatic rings. The molecule has 1 saturated carbocycles. The van der Waals surface area contributed by atoms with Gasteiger partial charge in [0.25, 0.3) is 0 Å². The topological polar surface area (TPSA) is 39.7 Å². The van der Waals surface area contributed by atoms with Crippen LogP contribution in [0.3, 0.4) is 0 Å². The molecule has 0 amide bonds. The van der Waals surface area contributed by atoms with Crippen LogP contribution in [0, 0.1) is 5.92 Å². The molecule has 0 aromatic heterocycles. The van der Waals surface area contributed by atoms with Crippen molar-refractivity contribution >= 4 is 29.9 Å². The third kappa shape index (κ3) is 7.34. The fourth-order valence-electron chi connectivity index (χ4n) is 1.87. The van der Waals surface area contributed by atoms with Gasteiger partial charge in [-0.05, 0) is 39.7 Å². The van der Waals surface area contributed by atoms with Crippen LogP contribution in [-0.4, -0.2) is 49.6 Å². The molecule has 19 heavy (non-hydrogen) atoms. The Morgan fingerprint density at radius 2 is 2.05 bits per heavy atom. The standard InChI is InChI=1S/C14H30N4.HI/c1-6-12(4)18(5)9-8-16-14(15-7-2)17-13-10-11(13)3;/h11-13H,6-10H2,1-5H3,(H2,15,16,17);1H. The summed E-state index contributed by atoms with van der Waals surface area (Å²) < 4.78 is 0. The number of likely N-dealkylation sites (N-methyl/N-ethyl adjacent to an activating group) is 1. The second-order valence-corrected chi connectivity index (χ2v) is 5.46. The average Bonchev–Trinajstić information content (AvgIpc) is 3.03. The van der Waals surface area contributed by atoms with E-state index in [0.717, 1.165) is 31.5 Å². The van der Waals surface area contributed by atoms with Crippen LogP contribution >= 0.6 is 24.0 Å². The molecule has 0 radical (unpaired) electrons. The van der Waals surface area contributed by atoms with Gasteiger partial charge < -0.3 is 15.5 Å². The molecule has 1 aliphatic carbocycles. The number of nitrogens with one attached hydrogen (secondary N) is 2. The van der Waals surface area contributed by atoms with Crippen molar-refractivity contribution in [1.82, 2.24) is 15.5 Å². The Morgan fingerprint density at radius 1 is 1.42 bits per heavy atom. The quantitative estimate of drug-likeness (QED) is 0.403. The van der Waals surface area contributed by atoms with Crippen LogP contribution in [-0.2, 0) is 0 Å². The summed E-state index contributed by atoms with van der Waals surface area (Å²) in [4.78, 5) is 7.01. The van der Waals surface area contributed by atoms with Gasteiger partial charge >= 0.3 is 0 Å². The lowest BCUT2D eigenvalue weighted by molar-refractivity contribution is 0.259. The van der Waals surface area contributed by atoms with Crippen molar-refractivity contribution in [2.24, 2.45) is 10.9 Å². The van der Waals surface area contributed by atoms with E-state index < -0.39 is 0 Å². The maximum absolute atomic E-state index is 4.64. The minimum Gasteiger partial charge on any atom is -0.357 e. The fraction of sp³-hybridized carbons (Fsp3) is 0.929. The molecule has 4 nitrogen and oxygen atoms in total. The number of aliphatic imine (C=N–C) groups is 1. The lowest BCUT2D eigenvalue weighted by atomic mass is 10.2. The molecule has 0 spiro atoms. The molecule has 0 aliphatic heterocycles. The molecule has 3 unspecified atom stereocenters. The van der Waals surface area contributed by atoms with Gasteiger partial charge in [0.1, 0.15) is 0 Å². The van der Waals surface area contributed by atoms with Crippen molar-refractivity contribution in [3.05, 3.63) is 0 Å². The van der Waals surface area contributed by atoms with E-state index in [1.165, 1.54) is 12.8 Å². The minimum absolute atomic E-state index is 0. The van der Waals surface area contributed by atoms with Crippen molar-refractivity contribution in [3.63, 3.8) is 0 Å². The van der Waals surface area contributed by atoms with Crippen LogP contribution in [0.1, 0.15) is 40.5 Å². The predicted octanol–water partition coefficient (Wildman–Crippen LogP) is 2.30. The number of halogens is 1. The van der Waals surface area contributed by atoms with Crippen LogP contribution < -0.4 is 10.6 Å². The SMILES string of the molecule is CCNC(=NCCN(C)C(C)CC)NC1CC1C.I. The van der Waals surface area contributed by atoms with Crippen LogP contribution in [0.25, 0.3) is 0 Å².